The Kier molecular flexibility index (Phi) is 6.13. The third kappa shape index (κ3) is 4.98. The summed E-state index contributed by atoms with van der Waals surface area (Å²) in [4.78, 5) is 4.25. The van der Waals surface area contributed by atoms with Gasteiger partial charge in [0.1, 0.15) is 17.6 Å². The van der Waals surface area contributed by atoms with E-state index in [1.165, 1.54) is 0 Å². The number of benzene rings is 1. The SMILES string of the molecule is CN=C(NCC(C)Oc1ccc(OC)cc1)NC1CC=CC1. The Hall–Kier alpha value is -2.17. The molecule has 120 valence electrons. The van der Waals surface area contributed by atoms with Gasteiger partial charge in [-0.05, 0) is 44.0 Å². The largest absolute Gasteiger partial charge is 0.497 e. The zero-order valence-corrected chi connectivity index (χ0v) is 13.5. The Labute approximate surface area is 132 Å². The first kappa shape index (κ1) is 16.2. The summed E-state index contributed by atoms with van der Waals surface area (Å²) in [7, 11) is 3.44. The highest BCUT2D eigenvalue weighted by atomic mass is 16.5. The van der Waals surface area contributed by atoms with Crippen molar-refractivity contribution in [3.63, 3.8) is 0 Å². The standard InChI is InChI=1S/C17H25N3O2/c1-13(22-16-10-8-15(21-3)9-11-16)12-19-17(18-2)20-14-6-4-5-7-14/h4-5,8-11,13-14H,6-7,12H2,1-3H3,(H2,18,19,20). The molecule has 0 spiro atoms. The van der Waals surface area contributed by atoms with Crippen LogP contribution in [0, 0.1) is 0 Å². The summed E-state index contributed by atoms with van der Waals surface area (Å²) < 4.78 is 11.0. The first-order valence-electron chi connectivity index (χ1n) is 7.64. The van der Waals surface area contributed by atoms with Crippen LogP contribution in [-0.4, -0.2) is 38.8 Å². The molecule has 2 N–H and O–H groups in total. The fourth-order valence-corrected chi connectivity index (χ4v) is 2.29. The predicted octanol–water partition coefficient (Wildman–Crippen LogP) is 2.35. The Morgan fingerprint density at radius 3 is 2.45 bits per heavy atom. The van der Waals surface area contributed by atoms with Crippen molar-refractivity contribution in [2.45, 2.75) is 31.9 Å². The number of nitrogens with one attached hydrogen (secondary N) is 2. The van der Waals surface area contributed by atoms with Crippen molar-refractivity contribution in [1.29, 1.82) is 0 Å². The fraction of sp³-hybridized carbons (Fsp3) is 0.471. The zero-order chi connectivity index (χ0) is 15.8. The van der Waals surface area contributed by atoms with Crippen LogP contribution in [0.1, 0.15) is 19.8 Å². The van der Waals surface area contributed by atoms with Gasteiger partial charge in [0.25, 0.3) is 0 Å². The summed E-state index contributed by atoms with van der Waals surface area (Å²) in [5.41, 5.74) is 0. The molecule has 0 saturated carbocycles. The maximum absolute atomic E-state index is 5.87. The van der Waals surface area contributed by atoms with E-state index >= 15 is 0 Å². The van der Waals surface area contributed by atoms with Gasteiger partial charge in [-0.25, -0.2) is 0 Å². The van der Waals surface area contributed by atoms with Gasteiger partial charge in [0.15, 0.2) is 5.96 Å². The number of hydrogen-bond donors (Lipinski definition) is 2. The molecule has 0 heterocycles. The number of methoxy groups -OCH3 is 1. The van der Waals surface area contributed by atoms with Crippen molar-refractivity contribution in [2.24, 2.45) is 4.99 Å². The predicted molar refractivity (Wildman–Crippen MR) is 89.7 cm³/mol. The van der Waals surface area contributed by atoms with Gasteiger partial charge in [0, 0.05) is 13.1 Å². The van der Waals surface area contributed by atoms with E-state index < -0.39 is 0 Å². The molecular formula is C17H25N3O2. The van der Waals surface area contributed by atoms with Crippen LogP contribution in [0.4, 0.5) is 0 Å². The molecular weight excluding hydrogens is 278 g/mol. The van der Waals surface area contributed by atoms with E-state index in [2.05, 4.69) is 27.8 Å². The molecule has 0 fully saturated rings. The number of rotatable bonds is 6. The van der Waals surface area contributed by atoms with Gasteiger partial charge in [0.05, 0.1) is 13.7 Å². The van der Waals surface area contributed by atoms with Gasteiger partial charge in [-0.15, -0.1) is 0 Å². The van der Waals surface area contributed by atoms with Crippen LogP contribution in [0.5, 0.6) is 11.5 Å². The fourth-order valence-electron chi connectivity index (χ4n) is 2.29. The lowest BCUT2D eigenvalue weighted by Crippen LogP contribution is -2.45. The van der Waals surface area contributed by atoms with Gasteiger partial charge in [-0.2, -0.15) is 0 Å². The summed E-state index contributed by atoms with van der Waals surface area (Å²) >= 11 is 0. The summed E-state index contributed by atoms with van der Waals surface area (Å²) in [5, 5.41) is 6.70. The van der Waals surface area contributed by atoms with E-state index in [4.69, 9.17) is 9.47 Å². The first-order valence-corrected chi connectivity index (χ1v) is 7.64. The summed E-state index contributed by atoms with van der Waals surface area (Å²) in [5.74, 6) is 2.48. The minimum atomic E-state index is 0.0358. The Bertz CT molecular complexity index is 503. The number of nitrogens with zero attached hydrogens (tertiary/aromatic N) is 1. The van der Waals surface area contributed by atoms with E-state index in [9.17, 15) is 0 Å². The molecule has 1 atom stereocenters. The lowest BCUT2D eigenvalue weighted by molar-refractivity contribution is 0.223. The zero-order valence-electron chi connectivity index (χ0n) is 13.5. The molecule has 1 aliphatic rings. The van der Waals surface area contributed by atoms with Crippen LogP contribution in [0.25, 0.3) is 0 Å². The molecule has 2 rings (SSSR count). The Morgan fingerprint density at radius 2 is 1.86 bits per heavy atom. The van der Waals surface area contributed by atoms with E-state index in [1.54, 1.807) is 14.2 Å². The van der Waals surface area contributed by atoms with Crippen LogP contribution in [0.2, 0.25) is 0 Å². The third-order valence-electron chi connectivity index (χ3n) is 3.53. The van der Waals surface area contributed by atoms with Crippen molar-refractivity contribution in [3.05, 3.63) is 36.4 Å². The number of hydrogen-bond acceptors (Lipinski definition) is 3. The van der Waals surface area contributed by atoms with Crippen molar-refractivity contribution in [2.75, 3.05) is 20.7 Å². The molecule has 0 aliphatic heterocycles. The van der Waals surface area contributed by atoms with Crippen molar-refractivity contribution >= 4 is 5.96 Å². The van der Waals surface area contributed by atoms with E-state index in [0.717, 1.165) is 30.3 Å². The molecule has 5 heteroatoms. The average molecular weight is 303 g/mol. The molecule has 0 radical (unpaired) electrons. The summed E-state index contributed by atoms with van der Waals surface area (Å²) in [6, 6.07) is 8.05. The molecule has 22 heavy (non-hydrogen) atoms. The van der Waals surface area contributed by atoms with E-state index in [-0.39, 0.29) is 6.10 Å². The summed E-state index contributed by atoms with van der Waals surface area (Å²) in [6.07, 6.45) is 6.53. The number of aliphatic imine (C=N–C) groups is 1. The number of guanidine groups is 1. The van der Waals surface area contributed by atoms with Crippen LogP contribution in [0.15, 0.2) is 41.4 Å². The molecule has 1 aliphatic carbocycles. The smallest absolute Gasteiger partial charge is 0.191 e. The van der Waals surface area contributed by atoms with Crippen LogP contribution in [-0.2, 0) is 0 Å². The van der Waals surface area contributed by atoms with Crippen molar-refractivity contribution in [1.82, 2.24) is 10.6 Å². The lowest BCUT2D eigenvalue weighted by atomic mass is 10.2. The van der Waals surface area contributed by atoms with Crippen LogP contribution >= 0.6 is 0 Å². The minimum Gasteiger partial charge on any atom is -0.497 e. The maximum Gasteiger partial charge on any atom is 0.191 e. The van der Waals surface area contributed by atoms with Gasteiger partial charge >= 0.3 is 0 Å². The molecule has 0 amide bonds. The van der Waals surface area contributed by atoms with E-state index in [1.807, 2.05) is 31.2 Å². The van der Waals surface area contributed by atoms with Crippen LogP contribution < -0.4 is 20.1 Å². The second kappa shape index (κ2) is 8.32. The van der Waals surface area contributed by atoms with Gasteiger partial charge in [0.2, 0.25) is 0 Å². The molecule has 1 aromatic carbocycles. The highest BCUT2D eigenvalue weighted by Crippen LogP contribution is 2.18. The maximum atomic E-state index is 5.87. The van der Waals surface area contributed by atoms with Gasteiger partial charge in [-0.1, -0.05) is 12.2 Å². The molecule has 0 bridgehead atoms. The highest BCUT2D eigenvalue weighted by molar-refractivity contribution is 5.80. The first-order chi connectivity index (χ1) is 10.7. The second-order valence-electron chi connectivity index (χ2n) is 5.34. The summed E-state index contributed by atoms with van der Waals surface area (Å²) in [6.45, 7) is 2.72. The molecule has 1 unspecified atom stereocenters. The minimum absolute atomic E-state index is 0.0358. The monoisotopic (exact) mass is 303 g/mol. The van der Waals surface area contributed by atoms with Gasteiger partial charge in [-0.3, -0.25) is 4.99 Å². The Morgan fingerprint density at radius 1 is 1.23 bits per heavy atom. The van der Waals surface area contributed by atoms with Gasteiger partial charge < -0.3 is 20.1 Å². The average Bonchev–Trinajstić information content (AvgIpc) is 3.05. The Balaban J connectivity index is 1.74. The molecule has 5 nitrogen and oxygen atoms in total. The second-order valence-corrected chi connectivity index (χ2v) is 5.34. The third-order valence-corrected chi connectivity index (χ3v) is 3.53. The van der Waals surface area contributed by atoms with Crippen LogP contribution in [0.3, 0.4) is 0 Å². The number of ether oxygens (including phenoxy) is 2. The quantitative estimate of drug-likeness (QED) is 0.481. The topological polar surface area (TPSA) is 54.9 Å². The van der Waals surface area contributed by atoms with E-state index in [0.29, 0.717) is 12.6 Å². The van der Waals surface area contributed by atoms with Crippen molar-refractivity contribution < 1.29 is 9.47 Å². The highest BCUT2D eigenvalue weighted by Gasteiger charge is 2.12. The lowest BCUT2D eigenvalue weighted by Gasteiger charge is -2.20. The molecule has 0 aromatic heterocycles. The van der Waals surface area contributed by atoms with Crippen molar-refractivity contribution in [3.8, 4) is 11.5 Å². The molecule has 1 aromatic rings. The normalized spacial score (nSPS) is 16.4. The molecule has 0 saturated heterocycles.